The Balaban J connectivity index is 0.00000169. The number of carbonyl (C=O) groups excluding carboxylic acids is 1. The SMILES string of the molecule is Br.O=C(NC(F)(F)F)c1ccccc1. The van der Waals surface area contributed by atoms with Crippen LogP contribution in [0.5, 0.6) is 0 Å². The summed E-state index contributed by atoms with van der Waals surface area (Å²) in [7, 11) is 0. The summed E-state index contributed by atoms with van der Waals surface area (Å²) in [6, 6.07) is 7.21. The van der Waals surface area contributed by atoms with Crippen molar-refractivity contribution in [1.29, 1.82) is 0 Å². The van der Waals surface area contributed by atoms with E-state index >= 15 is 0 Å². The van der Waals surface area contributed by atoms with Crippen LogP contribution in [-0.2, 0) is 0 Å². The molecule has 2 nitrogen and oxygen atoms in total. The lowest BCUT2D eigenvalue weighted by Crippen LogP contribution is -2.37. The lowest BCUT2D eigenvalue weighted by molar-refractivity contribution is -0.146. The average Bonchev–Trinajstić information content (AvgIpc) is 2.03. The van der Waals surface area contributed by atoms with Crippen molar-refractivity contribution in [2.45, 2.75) is 6.30 Å². The lowest BCUT2D eigenvalue weighted by Gasteiger charge is -2.07. The van der Waals surface area contributed by atoms with Gasteiger partial charge in [0.05, 0.1) is 0 Å². The Hall–Kier alpha value is -1.04. The van der Waals surface area contributed by atoms with Crippen LogP contribution in [0.1, 0.15) is 10.4 Å². The van der Waals surface area contributed by atoms with E-state index in [1.807, 2.05) is 0 Å². The zero-order chi connectivity index (χ0) is 9.90. The van der Waals surface area contributed by atoms with E-state index in [9.17, 15) is 18.0 Å². The highest BCUT2D eigenvalue weighted by Gasteiger charge is 2.30. The zero-order valence-corrected chi connectivity index (χ0v) is 8.55. The maximum Gasteiger partial charge on any atom is 0.484 e. The first-order valence-electron chi connectivity index (χ1n) is 3.43. The number of nitrogens with one attached hydrogen (secondary N) is 1. The van der Waals surface area contributed by atoms with Crippen LogP contribution in [0, 0.1) is 0 Å². The smallest absolute Gasteiger partial charge is 0.269 e. The molecule has 0 aromatic heterocycles. The molecule has 0 aliphatic heterocycles. The number of alkyl halides is 3. The fourth-order valence-electron chi connectivity index (χ4n) is 0.790. The standard InChI is InChI=1S/C8H6F3NO.BrH/c9-8(10,11)12-7(13)6-4-2-1-3-5-6;/h1-5H,(H,12,13);1H. The Morgan fingerprint density at radius 1 is 1.14 bits per heavy atom. The Morgan fingerprint density at radius 3 is 2.07 bits per heavy atom. The molecule has 0 saturated heterocycles. The maximum atomic E-state index is 11.7. The minimum Gasteiger partial charge on any atom is -0.269 e. The summed E-state index contributed by atoms with van der Waals surface area (Å²) in [5.41, 5.74) is -0.0141. The van der Waals surface area contributed by atoms with Crippen molar-refractivity contribution in [3.63, 3.8) is 0 Å². The highest BCUT2D eigenvalue weighted by Crippen LogP contribution is 2.11. The fourth-order valence-corrected chi connectivity index (χ4v) is 0.790. The monoisotopic (exact) mass is 269 g/mol. The van der Waals surface area contributed by atoms with Crippen LogP contribution in [0.25, 0.3) is 0 Å². The molecule has 1 amide bonds. The third kappa shape index (κ3) is 4.27. The van der Waals surface area contributed by atoms with E-state index in [1.54, 1.807) is 6.07 Å². The van der Waals surface area contributed by atoms with Crippen LogP contribution < -0.4 is 5.32 Å². The summed E-state index contributed by atoms with van der Waals surface area (Å²) in [4.78, 5) is 10.8. The Kier molecular flexibility index (Phi) is 4.62. The van der Waals surface area contributed by atoms with Gasteiger partial charge in [-0.1, -0.05) is 18.2 Å². The van der Waals surface area contributed by atoms with Gasteiger partial charge in [-0.2, -0.15) is 13.2 Å². The number of carbonyl (C=O) groups is 1. The third-order valence-electron chi connectivity index (χ3n) is 1.29. The highest BCUT2D eigenvalue weighted by atomic mass is 79.9. The number of benzene rings is 1. The summed E-state index contributed by atoms with van der Waals surface area (Å²) in [5, 5.41) is 0.896. The normalized spacial score (nSPS) is 10.2. The van der Waals surface area contributed by atoms with Gasteiger partial charge in [0.2, 0.25) is 0 Å². The van der Waals surface area contributed by atoms with Gasteiger partial charge in [0, 0.05) is 5.56 Å². The average molecular weight is 270 g/mol. The number of hydrogen-bond acceptors (Lipinski definition) is 1. The molecule has 1 aromatic carbocycles. The van der Waals surface area contributed by atoms with Crippen molar-refractivity contribution in [2.75, 3.05) is 0 Å². The van der Waals surface area contributed by atoms with Gasteiger partial charge in [0.1, 0.15) is 0 Å². The van der Waals surface area contributed by atoms with E-state index in [4.69, 9.17) is 0 Å². The van der Waals surface area contributed by atoms with Gasteiger partial charge in [0.15, 0.2) is 0 Å². The van der Waals surface area contributed by atoms with E-state index in [0.29, 0.717) is 0 Å². The summed E-state index contributed by atoms with van der Waals surface area (Å²) in [5.74, 6) is -1.15. The van der Waals surface area contributed by atoms with Gasteiger partial charge in [-0.05, 0) is 12.1 Å². The van der Waals surface area contributed by atoms with E-state index in [1.165, 1.54) is 24.3 Å². The first-order valence-corrected chi connectivity index (χ1v) is 3.43. The number of rotatable bonds is 1. The molecule has 78 valence electrons. The van der Waals surface area contributed by atoms with E-state index in [0.717, 1.165) is 5.32 Å². The second kappa shape index (κ2) is 4.99. The molecule has 6 heteroatoms. The molecule has 0 saturated carbocycles. The molecule has 0 unspecified atom stereocenters. The quantitative estimate of drug-likeness (QED) is 0.780. The van der Waals surface area contributed by atoms with Gasteiger partial charge < -0.3 is 0 Å². The molecular formula is C8H7BrF3NO. The van der Waals surface area contributed by atoms with Crippen LogP contribution in [0.15, 0.2) is 30.3 Å². The predicted octanol–water partition coefficient (Wildman–Crippen LogP) is 2.51. The Bertz CT molecular complexity index is 299. The Morgan fingerprint density at radius 2 is 1.64 bits per heavy atom. The molecule has 0 aliphatic rings. The maximum absolute atomic E-state index is 11.7. The second-order valence-corrected chi connectivity index (χ2v) is 2.32. The molecular weight excluding hydrogens is 263 g/mol. The number of halogens is 4. The third-order valence-corrected chi connectivity index (χ3v) is 1.29. The molecule has 0 aliphatic carbocycles. The fraction of sp³-hybridized carbons (Fsp3) is 0.125. The van der Waals surface area contributed by atoms with Gasteiger partial charge >= 0.3 is 6.30 Å². The highest BCUT2D eigenvalue weighted by molar-refractivity contribution is 8.93. The lowest BCUT2D eigenvalue weighted by atomic mass is 10.2. The van der Waals surface area contributed by atoms with Gasteiger partial charge in [0.25, 0.3) is 5.91 Å². The van der Waals surface area contributed by atoms with Crippen molar-refractivity contribution < 1.29 is 18.0 Å². The molecule has 0 radical (unpaired) electrons. The second-order valence-electron chi connectivity index (χ2n) is 2.32. The summed E-state index contributed by atoms with van der Waals surface area (Å²) in [6.45, 7) is 0. The van der Waals surface area contributed by atoms with Gasteiger partial charge in [-0.15, -0.1) is 17.0 Å². The molecule has 0 bridgehead atoms. The summed E-state index contributed by atoms with van der Waals surface area (Å²) >= 11 is 0. The van der Waals surface area contributed by atoms with Crippen LogP contribution in [0.2, 0.25) is 0 Å². The van der Waals surface area contributed by atoms with Gasteiger partial charge in [-0.25, -0.2) is 0 Å². The molecule has 1 N–H and O–H groups in total. The largest absolute Gasteiger partial charge is 0.484 e. The minimum absolute atomic E-state index is 0. The minimum atomic E-state index is -4.67. The van der Waals surface area contributed by atoms with E-state index in [2.05, 4.69) is 0 Å². The molecule has 0 fully saturated rings. The topological polar surface area (TPSA) is 29.1 Å². The summed E-state index contributed by atoms with van der Waals surface area (Å²) < 4.78 is 35.0. The van der Waals surface area contributed by atoms with Gasteiger partial charge in [-0.3, -0.25) is 10.1 Å². The molecule has 0 heterocycles. The van der Waals surface area contributed by atoms with Crippen LogP contribution in [0.3, 0.4) is 0 Å². The van der Waals surface area contributed by atoms with Crippen LogP contribution in [0.4, 0.5) is 13.2 Å². The van der Waals surface area contributed by atoms with Crippen molar-refractivity contribution in [3.05, 3.63) is 35.9 Å². The Labute approximate surface area is 88.9 Å². The first kappa shape index (κ1) is 13.0. The van der Waals surface area contributed by atoms with E-state index < -0.39 is 12.2 Å². The number of amides is 1. The molecule has 14 heavy (non-hydrogen) atoms. The van der Waals surface area contributed by atoms with Crippen molar-refractivity contribution >= 4 is 22.9 Å². The molecule has 0 spiro atoms. The van der Waals surface area contributed by atoms with Crippen LogP contribution >= 0.6 is 17.0 Å². The molecule has 1 aromatic rings. The number of hydrogen-bond donors (Lipinski definition) is 1. The van der Waals surface area contributed by atoms with Crippen molar-refractivity contribution in [2.24, 2.45) is 0 Å². The first-order chi connectivity index (χ1) is 5.99. The van der Waals surface area contributed by atoms with E-state index in [-0.39, 0.29) is 22.5 Å². The van der Waals surface area contributed by atoms with Crippen molar-refractivity contribution in [1.82, 2.24) is 5.32 Å². The van der Waals surface area contributed by atoms with Crippen LogP contribution in [-0.4, -0.2) is 12.2 Å². The zero-order valence-electron chi connectivity index (χ0n) is 6.84. The molecule has 0 atom stereocenters. The van der Waals surface area contributed by atoms with Crippen molar-refractivity contribution in [3.8, 4) is 0 Å². The molecule has 1 rings (SSSR count). The predicted molar refractivity (Wildman–Crippen MR) is 50.3 cm³/mol. The summed E-state index contributed by atoms with van der Waals surface area (Å²) in [6.07, 6.45) is -4.67.